The second-order valence-corrected chi connectivity index (χ2v) is 11.5. The number of hydrogen-bond acceptors (Lipinski definition) is 8. The number of hydrogen-bond donors (Lipinski definition) is 4. The Morgan fingerprint density at radius 3 is 2.51 bits per heavy atom. The lowest BCUT2D eigenvalue weighted by molar-refractivity contribution is -0.137. The molecule has 2 aromatic carbocycles. The Balaban J connectivity index is 1.52. The molecule has 0 unspecified atom stereocenters. The van der Waals surface area contributed by atoms with E-state index in [9.17, 15) is 22.8 Å². The van der Waals surface area contributed by atoms with E-state index >= 15 is 0 Å². The van der Waals surface area contributed by atoms with E-state index in [4.69, 9.17) is 16.3 Å². The lowest BCUT2D eigenvalue weighted by atomic mass is 10.1. The molecule has 1 aromatic heterocycles. The highest BCUT2D eigenvalue weighted by Gasteiger charge is 2.31. The minimum atomic E-state index is -4.50. The highest BCUT2D eigenvalue weighted by Crippen LogP contribution is 2.35. The molecule has 240 valence electrons. The van der Waals surface area contributed by atoms with Gasteiger partial charge in [-0.2, -0.15) is 13.2 Å². The summed E-state index contributed by atoms with van der Waals surface area (Å²) in [5, 5.41) is 6.67. The van der Waals surface area contributed by atoms with Crippen LogP contribution < -0.4 is 37.0 Å². The summed E-state index contributed by atoms with van der Waals surface area (Å²) in [6.07, 6.45) is -3.06. The summed E-state index contributed by atoms with van der Waals surface area (Å²) in [5.74, 6) is 6.51. The highest BCUT2D eigenvalue weighted by atomic mass is 19.4. The molecule has 0 bridgehead atoms. The summed E-state index contributed by atoms with van der Waals surface area (Å²) in [6, 6.07) is 14.6. The molecule has 2 heterocycles. The largest absolute Gasteiger partial charge is 0.444 e. The topological polar surface area (TPSA) is 142 Å². The fraction of sp³-hybridized carbons (Fsp3) is 0.323. The molecule has 0 aliphatic carbocycles. The summed E-state index contributed by atoms with van der Waals surface area (Å²) in [6.45, 7) is 6.22. The van der Waals surface area contributed by atoms with Crippen molar-refractivity contribution in [2.24, 2.45) is 11.6 Å². The van der Waals surface area contributed by atoms with Gasteiger partial charge in [-0.15, -0.1) is 0 Å². The number of nitrogens with two attached hydrogens (primary N) is 2. The zero-order valence-corrected chi connectivity index (χ0v) is 25.5. The van der Waals surface area contributed by atoms with Crippen LogP contribution in [0.1, 0.15) is 32.8 Å². The molecule has 1 aliphatic rings. The van der Waals surface area contributed by atoms with Crippen molar-refractivity contribution >= 4 is 35.0 Å². The number of carbonyl (C=O) groups excluding carboxylic acids is 2. The molecule has 0 saturated carbocycles. The van der Waals surface area contributed by atoms with Crippen molar-refractivity contribution in [3.05, 3.63) is 78.1 Å². The first-order valence-electron chi connectivity index (χ1n) is 14.2. The van der Waals surface area contributed by atoms with E-state index in [1.54, 1.807) is 63.2 Å². The molecule has 0 spiro atoms. The molecule has 6 N–H and O–H groups in total. The van der Waals surface area contributed by atoms with E-state index in [1.807, 2.05) is 11.9 Å². The fourth-order valence-electron chi connectivity index (χ4n) is 4.57. The average molecular weight is 627 g/mol. The van der Waals surface area contributed by atoms with Gasteiger partial charge in [0.05, 0.1) is 29.2 Å². The summed E-state index contributed by atoms with van der Waals surface area (Å²) in [4.78, 5) is 33.6. The maximum Gasteiger partial charge on any atom is 0.416 e. The van der Waals surface area contributed by atoms with Gasteiger partial charge in [0.25, 0.3) is 0 Å². The van der Waals surface area contributed by atoms with Gasteiger partial charge in [-0.3, -0.25) is 9.91 Å². The van der Waals surface area contributed by atoms with Crippen molar-refractivity contribution in [2.75, 3.05) is 46.8 Å². The van der Waals surface area contributed by atoms with Crippen molar-refractivity contribution in [3.63, 3.8) is 0 Å². The zero-order chi connectivity index (χ0) is 32.9. The van der Waals surface area contributed by atoms with Crippen molar-refractivity contribution < 1.29 is 27.5 Å². The van der Waals surface area contributed by atoms with Gasteiger partial charge in [-0.1, -0.05) is 18.2 Å². The van der Waals surface area contributed by atoms with Gasteiger partial charge in [0.15, 0.2) is 5.82 Å². The number of hydrazine groups is 1. The van der Waals surface area contributed by atoms with E-state index in [0.717, 1.165) is 12.1 Å². The maximum absolute atomic E-state index is 13.6. The molecule has 0 radical (unpaired) electrons. The van der Waals surface area contributed by atoms with Crippen LogP contribution in [-0.2, 0) is 10.9 Å². The molecule has 0 fully saturated rings. The van der Waals surface area contributed by atoms with Crippen LogP contribution in [0.25, 0.3) is 11.3 Å². The normalized spacial score (nSPS) is 13.9. The van der Waals surface area contributed by atoms with Gasteiger partial charge >= 0.3 is 18.3 Å². The molecular formula is C31H37F3N8O3. The first-order valence-corrected chi connectivity index (χ1v) is 14.2. The predicted molar refractivity (Wildman–Crippen MR) is 169 cm³/mol. The van der Waals surface area contributed by atoms with Crippen LogP contribution >= 0.6 is 0 Å². The van der Waals surface area contributed by atoms with Gasteiger partial charge in [-0.05, 0) is 69.7 Å². The average Bonchev–Trinajstić information content (AvgIpc) is 3.13. The van der Waals surface area contributed by atoms with Crippen LogP contribution in [0.3, 0.4) is 0 Å². The van der Waals surface area contributed by atoms with Gasteiger partial charge in [0.1, 0.15) is 5.60 Å². The SMILES string of the molecule is CN1CCCN(C(=O)Nc2cccc(N(N)/C=C(\N)CNC(=O)OC(C)(C)C)c2)c2nc(-c3cccc(C(F)(F)F)c3)ccc21. The number of nitrogens with zero attached hydrogens (tertiary/aromatic N) is 4. The number of urea groups is 1. The fourth-order valence-corrected chi connectivity index (χ4v) is 4.57. The van der Waals surface area contributed by atoms with E-state index in [2.05, 4.69) is 15.6 Å². The van der Waals surface area contributed by atoms with Crippen molar-refractivity contribution in [1.29, 1.82) is 0 Å². The number of anilines is 4. The Morgan fingerprint density at radius 1 is 1.07 bits per heavy atom. The molecule has 4 rings (SSSR count). The van der Waals surface area contributed by atoms with Crippen LogP contribution in [-0.4, -0.2) is 49.4 Å². The van der Waals surface area contributed by atoms with Crippen molar-refractivity contribution in [2.45, 2.75) is 39.0 Å². The van der Waals surface area contributed by atoms with Crippen LogP contribution in [0.5, 0.6) is 0 Å². The molecule has 11 nitrogen and oxygen atoms in total. The number of amides is 3. The molecule has 0 saturated heterocycles. The second kappa shape index (κ2) is 13.3. The second-order valence-electron chi connectivity index (χ2n) is 11.5. The third-order valence-electron chi connectivity index (χ3n) is 6.66. The first-order chi connectivity index (χ1) is 21.1. The van der Waals surface area contributed by atoms with E-state index in [0.29, 0.717) is 48.1 Å². The molecular weight excluding hydrogens is 589 g/mol. The number of ether oxygens (including phenoxy) is 1. The Labute approximate surface area is 259 Å². The predicted octanol–water partition coefficient (Wildman–Crippen LogP) is 5.65. The number of aromatic nitrogens is 1. The minimum Gasteiger partial charge on any atom is -0.444 e. The third kappa shape index (κ3) is 8.79. The quantitative estimate of drug-likeness (QED) is 0.203. The monoisotopic (exact) mass is 626 g/mol. The van der Waals surface area contributed by atoms with Crippen LogP contribution in [0.2, 0.25) is 0 Å². The van der Waals surface area contributed by atoms with E-state index in [1.165, 1.54) is 22.2 Å². The Kier molecular flexibility index (Phi) is 9.76. The van der Waals surface area contributed by atoms with E-state index in [-0.39, 0.29) is 17.8 Å². The summed E-state index contributed by atoms with van der Waals surface area (Å²) in [5.41, 5.74) is 7.02. The van der Waals surface area contributed by atoms with Crippen LogP contribution in [0.15, 0.2) is 72.6 Å². The van der Waals surface area contributed by atoms with Gasteiger partial charge in [0.2, 0.25) is 0 Å². The van der Waals surface area contributed by atoms with Crippen molar-refractivity contribution in [1.82, 2.24) is 10.3 Å². The molecule has 14 heteroatoms. The summed E-state index contributed by atoms with van der Waals surface area (Å²) < 4.78 is 45.3. The van der Waals surface area contributed by atoms with Gasteiger partial charge < -0.3 is 26.0 Å². The lowest BCUT2D eigenvalue weighted by Crippen LogP contribution is -2.36. The molecule has 1 aliphatic heterocycles. The van der Waals surface area contributed by atoms with Gasteiger partial charge in [-0.25, -0.2) is 20.4 Å². The minimum absolute atomic E-state index is 0.00264. The summed E-state index contributed by atoms with van der Waals surface area (Å²) in [7, 11) is 1.87. The Hall–Kier alpha value is -4.98. The first kappa shape index (κ1) is 32.9. The Bertz CT molecular complexity index is 1570. The summed E-state index contributed by atoms with van der Waals surface area (Å²) >= 11 is 0. The highest BCUT2D eigenvalue weighted by molar-refractivity contribution is 6.03. The van der Waals surface area contributed by atoms with E-state index < -0.39 is 29.5 Å². The molecule has 45 heavy (non-hydrogen) atoms. The number of halogens is 3. The molecule has 3 aromatic rings. The standard InChI is InChI=1S/C31H37F3N8O3/c1-30(2,3)45-29(44)37-18-22(35)19-42(36)24-11-6-10-23(17-24)38-28(43)41-15-7-14-40(4)26-13-12-25(39-27(26)41)20-8-5-9-21(16-20)31(32,33)34/h5-6,8-13,16-17,19H,7,14-15,18,35-36H2,1-4H3,(H,37,44)(H,38,43)/b22-19-. The number of carbonyl (C=O) groups is 2. The number of alkyl halides is 3. The lowest BCUT2D eigenvalue weighted by Gasteiger charge is -2.24. The number of nitrogens with one attached hydrogen (secondary N) is 2. The number of pyridine rings is 1. The van der Waals surface area contributed by atoms with Crippen LogP contribution in [0, 0.1) is 0 Å². The maximum atomic E-state index is 13.6. The third-order valence-corrected chi connectivity index (χ3v) is 6.66. The smallest absolute Gasteiger partial charge is 0.416 e. The molecule has 3 amide bonds. The number of alkyl carbamates (subject to hydrolysis) is 1. The molecule has 0 atom stereocenters. The van der Waals surface area contributed by atoms with Crippen molar-refractivity contribution in [3.8, 4) is 11.3 Å². The number of rotatable bonds is 6. The Morgan fingerprint density at radius 2 is 1.80 bits per heavy atom. The zero-order valence-electron chi connectivity index (χ0n) is 25.5. The number of fused-ring (bicyclic) bond motifs is 1. The number of benzene rings is 2. The van der Waals surface area contributed by atoms with Crippen LogP contribution in [0.4, 0.5) is 45.6 Å². The van der Waals surface area contributed by atoms with Gasteiger partial charge in [0, 0.05) is 43.3 Å².